The summed E-state index contributed by atoms with van der Waals surface area (Å²) in [6.07, 6.45) is 5.53. The largest absolute Gasteiger partial charge is 0.412 e. The van der Waals surface area contributed by atoms with Crippen LogP contribution in [0.2, 0.25) is 0 Å². The van der Waals surface area contributed by atoms with Gasteiger partial charge in [-0.3, -0.25) is 0 Å². The molecular formula is C8H20O. The molecule has 0 aromatic heterocycles. The number of hydrogen-bond acceptors (Lipinski definition) is 0. The molecule has 1 nitrogen and oxygen atoms in total. The van der Waals surface area contributed by atoms with E-state index < -0.39 is 0 Å². The minimum absolute atomic E-state index is 0. The highest BCUT2D eigenvalue weighted by atomic mass is 16.0. The zero-order valence-corrected chi connectivity index (χ0v) is 6.91. The predicted octanol–water partition coefficient (Wildman–Crippen LogP) is 2.40. The fourth-order valence-electron chi connectivity index (χ4n) is 0.757. The van der Waals surface area contributed by atoms with E-state index in [2.05, 4.69) is 20.8 Å². The first-order chi connectivity index (χ1) is 3.81. The zero-order chi connectivity index (χ0) is 6.41. The maximum atomic E-state index is 2.33. The van der Waals surface area contributed by atoms with Crippen LogP contribution in [0.25, 0.3) is 0 Å². The molecule has 0 aliphatic rings. The number of unbranched alkanes of at least 4 members (excludes halogenated alkanes) is 1. The van der Waals surface area contributed by atoms with Gasteiger partial charge in [0.25, 0.3) is 0 Å². The van der Waals surface area contributed by atoms with Gasteiger partial charge in [0.2, 0.25) is 0 Å². The van der Waals surface area contributed by atoms with Crippen molar-refractivity contribution in [1.82, 2.24) is 0 Å². The first-order valence-corrected chi connectivity index (χ1v) is 3.81. The van der Waals surface area contributed by atoms with Crippen molar-refractivity contribution in [2.45, 2.75) is 46.5 Å². The Hall–Kier alpha value is -0.0400. The maximum absolute atomic E-state index is 2.33. The number of rotatable bonds is 4. The topological polar surface area (TPSA) is 31.5 Å². The summed E-state index contributed by atoms with van der Waals surface area (Å²) in [7, 11) is 0. The van der Waals surface area contributed by atoms with E-state index in [0.717, 1.165) is 5.92 Å². The standard InChI is InChI=1S/C8H18.H2O/c1-4-6-7-8(3)5-2;/h8H,4-7H2,1-3H3;1H2. The van der Waals surface area contributed by atoms with Crippen LogP contribution in [-0.4, -0.2) is 5.48 Å². The smallest absolute Gasteiger partial charge is 0.0445 e. The van der Waals surface area contributed by atoms with E-state index in [9.17, 15) is 0 Å². The monoisotopic (exact) mass is 132 g/mol. The van der Waals surface area contributed by atoms with Gasteiger partial charge in [-0.05, 0) is 5.92 Å². The van der Waals surface area contributed by atoms with E-state index in [4.69, 9.17) is 0 Å². The van der Waals surface area contributed by atoms with Crippen LogP contribution >= 0.6 is 0 Å². The van der Waals surface area contributed by atoms with Gasteiger partial charge in [-0.1, -0.05) is 46.5 Å². The molecule has 0 saturated heterocycles. The van der Waals surface area contributed by atoms with Crippen LogP contribution in [0.4, 0.5) is 0 Å². The third-order valence-corrected chi connectivity index (χ3v) is 1.75. The second-order valence-electron chi connectivity index (χ2n) is 2.66. The molecule has 0 radical (unpaired) electrons. The zero-order valence-electron chi connectivity index (χ0n) is 6.91. The highest BCUT2D eigenvalue weighted by Crippen LogP contribution is 2.09. The van der Waals surface area contributed by atoms with E-state index in [1.807, 2.05) is 0 Å². The molecule has 0 amide bonds. The average Bonchev–Trinajstić information content (AvgIpc) is 1.83. The summed E-state index contributed by atoms with van der Waals surface area (Å²) in [5, 5.41) is 0. The molecular weight excluding hydrogens is 112 g/mol. The molecule has 0 aliphatic heterocycles. The van der Waals surface area contributed by atoms with Crippen molar-refractivity contribution < 1.29 is 5.48 Å². The van der Waals surface area contributed by atoms with Gasteiger partial charge >= 0.3 is 0 Å². The van der Waals surface area contributed by atoms with Gasteiger partial charge in [0.15, 0.2) is 0 Å². The molecule has 0 heterocycles. The molecule has 0 spiro atoms. The first-order valence-electron chi connectivity index (χ1n) is 3.81. The quantitative estimate of drug-likeness (QED) is 0.562. The van der Waals surface area contributed by atoms with Crippen molar-refractivity contribution in [2.75, 3.05) is 0 Å². The van der Waals surface area contributed by atoms with Crippen LogP contribution in [-0.2, 0) is 0 Å². The Bertz CT molecular complexity index is 43.8. The summed E-state index contributed by atoms with van der Waals surface area (Å²) >= 11 is 0. The molecule has 0 aromatic rings. The number of hydrogen-bond donors (Lipinski definition) is 0. The molecule has 0 aliphatic carbocycles. The van der Waals surface area contributed by atoms with E-state index in [0.29, 0.717) is 0 Å². The molecule has 0 bridgehead atoms. The van der Waals surface area contributed by atoms with Gasteiger partial charge < -0.3 is 5.48 Å². The fraction of sp³-hybridized carbons (Fsp3) is 1.00. The summed E-state index contributed by atoms with van der Waals surface area (Å²) in [6, 6.07) is 0. The molecule has 0 fully saturated rings. The maximum Gasteiger partial charge on any atom is -0.0445 e. The average molecular weight is 132 g/mol. The Kier molecular flexibility index (Phi) is 10.4. The molecule has 0 aromatic carbocycles. The van der Waals surface area contributed by atoms with Crippen molar-refractivity contribution in [3.63, 3.8) is 0 Å². The van der Waals surface area contributed by atoms with Crippen LogP contribution in [0.15, 0.2) is 0 Å². The Morgan fingerprint density at radius 1 is 1.22 bits per heavy atom. The minimum Gasteiger partial charge on any atom is -0.412 e. The Labute approximate surface area is 58.8 Å². The van der Waals surface area contributed by atoms with Crippen molar-refractivity contribution in [3.05, 3.63) is 0 Å². The van der Waals surface area contributed by atoms with E-state index in [-0.39, 0.29) is 5.48 Å². The molecule has 1 heteroatoms. The van der Waals surface area contributed by atoms with E-state index >= 15 is 0 Å². The Morgan fingerprint density at radius 2 is 1.78 bits per heavy atom. The first kappa shape index (κ1) is 11.7. The molecule has 2 N–H and O–H groups in total. The van der Waals surface area contributed by atoms with Gasteiger partial charge in [0.05, 0.1) is 0 Å². The van der Waals surface area contributed by atoms with Gasteiger partial charge in [0.1, 0.15) is 0 Å². The molecule has 58 valence electrons. The Morgan fingerprint density at radius 3 is 2.11 bits per heavy atom. The second kappa shape index (κ2) is 7.96. The highest BCUT2D eigenvalue weighted by Gasteiger charge is 1.94. The summed E-state index contributed by atoms with van der Waals surface area (Å²) in [4.78, 5) is 0. The van der Waals surface area contributed by atoms with Crippen LogP contribution in [0.1, 0.15) is 46.5 Å². The van der Waals surface area contributed by atoms with Gasteiger partial charge in [-0.15, -0.1) is 0 Å². The lowest BCUT2D eigenvalue weighted by Crippen LogP contribution is -1.89. The fourth-order valence-corrected chi connectivity index (χ4v) is 0.757. The van der Waals surface area contributed by atoms with Gasteiger partial charge in [0, 0.05) is 0 Å². The molecule has 1 unspecified atom stereocenters. The minimum atomic E-state index is 0. The highest BCUT2D eigenvalue weighted by molar-refractivity contribution is 4.47. The van der Waals surface area contributed by atoms with Crippen LogP contribution < -0.4 is 0 Å². The molecule has 1 atom stereocenters. The van der Waals surface area contributed by atoms with Gasteiger partial charge in [-0.2, -0.15) is 0 Å². The van der Waals surface area contributed by atoms with Crippen LogP contribution in [0, 0.1) is 5.92 Å². The van der Waals surface area contributed by atoms with Crippen molar-refractivity contribution in [1.29, 1.82) is 0 Å². The van der Waals surface area contributed by atoms with Crippen molar-refractivity contribution in [3.8, 4) is 0 Å². The summed E-state index contributed by atoms with van der Waals surface area (Å²) in [5.41, 5.74) is 0. The van der Waals surface area contributed by atoms with Crippen LogP contribution in [0.3, 0.4) is 0 Å². The predicted molar refractivity (Wildman–Crippen MR) is 42.6 cm³/mol. The molecule has 9 heavy (non-hydrogen) atoms. The van der Waals surface area contributed by atoms with Gasteiger partial charge in [-0.25, -0.2) is 0 Å². The second-order valence-corrected chi connectivity index (χ2v) is 2.66. The SMILES string of the molecule is CCCCC(C)CC.O. The summed E-state index contributed by atoms with van der Waals surface area (Å²) < 4.78 is 0. The summed E-state index contributed by atoms with van der Waals surface area (Å²) in [6.45, 7) is 6.85. The lowest BCUT2D eigenvalue weighted by atomic mass is 10.0. The molecule has 0 saturated carbocycles. The Balaban J connectivity index is 0. The van der Waals surface area contributed by atoms with E-state index in [1.54, 1.807) is 0 Å². The van der Waals surface area contributed by atoms with Crippen molar-refractivity contribution in [2.24, 2.45) is 5.92 Å². The van der Waals surface area contributed by atoms with Crippen LogP contribution in [0.5, 0.6) is 0 Å². The third-order valence-electron chi connectivity index (χ3n) is 1.75. The molecule has 0 rings (SSSR count). The normalized spacial score (nSPS) is 12.3. The van der Waals surface area contributed by atoms with E-state index in [1.165, 1.54) is 25.7 Å². The summed E-state index contributed by atoms with van der Waals surface area (Å²) in [5.74, 6) is 0.954. The lowest BCUT2D eigenvalue weighted by molar-refractivity contribution is 0.492. The third kappa shape index (κ3) is 7.96. The lowest BCUT2D eigenvalue weighted by Gasteiger charge is -2.04. The van der Waals surface area contributed by atoms with Crippen molar-refractivity contribution >= 4 is 0 Å².